The van der Waals surface area contributed by atoms with Gasteiger partial charge in [0.25, 0.3) is 0 Å². The quantitative estimate of drug-likeness (QED) is 0.173. The van der Waals surface area contributed by atoms with Crippen LogP contribution in [0.5, 0.6) is 0 Å². The lowest BCUT2D eigenvalue weighted by atomic mass is 9.81. The predicted molar refractivity (Wildman–Crippen MR) is 193 cm³/mol. The molecule has 5 nitrogen and oxygen atoms in total. The fourth-order valence-corrected chi connectivity index (χ4v) is 6.54. The van der Waals surface area contributed by atoms with Gasteiger partial charge in [-0.3, -0.25) is 0 Å². The van der Waals surface area contributed by atoms with Crippen LogP contribution in [0.1, 0.15) is 27.7 Å². The van der Waals surface area contributed by atoms with Gasteiger partial charge in [0.05, 0.1) is 11.2 Å². The molecular weight excluding hydrogens is 585 g/mol. The lowest BCUT2D eigenvalue weighted by Gasteiger charge is -2.37. The summed E-state index contributed by atoms with van der Waals surface area (Å²) in [6, 6.07) is 41.5. The highest BCUT2D eigenvalue weighted by Crippen LogP contribution is 2.36. The molecule has 0 atom stereocenters. The summed E-state index contributed by atoms with van der Waals surface area (Å²) in [4.78, 5) is 14.6. The van der Waals surface area contributed by atoms with Gasteiger partial charge in [0.1, 0.15) is 0 Å². The standard InChI is InChI=1S/C39H34BN3O2S/c1-38(2,44)39(3,4)45-40-32-24-29(23-31-30-17-11-12-18-33(30)46-34(31)32)25-19-21-28(22-20-25)37-42-35(26-13-7-5-8-14-26)41-36(43-37)27-15-9-6-10-16-27/h5-24,40,44H,1-4H3. The van der Waals surface area contributed by atoms with Crippen LogP contribution < -0.4 is 5.46 Å². The van der Waals surface area contributed by atoms with Gasteiger partial charge in [-0.25, -0.2) is 15.0 Å². The highest BCUT2D eigenvalue weighted by Gasteiger charge is 2.36. The highest BCUT2D eigenvalue weighted by molar-refractivity contribution is 7.27. The second-order valence-corrected chi connectivity index (χ2v) is 13.6. The van der Waals surface area contributed by atoms with E-state index in [2.05, 4.69) is 60.7 Å². The van der Waals surface area contributed by atoms with Crippen LogP contribution in [0.3, 0.4) is 0 Å². The molecule has 46 heavy (non-hydrogen) atoms. The number of nitrogens with zero attached hydrogens (tertiary/aromatic N) is 3. The molecule has 226 valence electrons. The topological polar surface area (TPSA) is 68.1 Å². The van der Waals surface area contributed by atoms with E-state index < -0.39 is 11.2 Å². The summed E-state index contributed by atoms with van der Waals surface area (Å²) in [6.07, 6.45) is 0. The van der Waals surface area contributed by atoms with Crippen molar-refractivity contribution in [2.45, 2.75) is 38.9 Å². The van der Waals surface area contributed by atoms with Crippen molar-refractivity contribution in [3.63, 3.8) is 0 Å². The number of aliphatic hydroxyl groups is 1. The van der Waals surface area contributed by atoms with Gasteiger partial charge in [-0.15, -0.1) is 11.3 Å². The van der Waals surface area contributed by atoms with Crippen molar-refractivity contribution in [2.75, 3.05) is 0 Å². The molecule has 7 aromatic rings. The molecule has 0 aliphatic carbocycles. The monoisotopic (exact) mass is 619 g/mol. The van der Waals surface area contributed by atoms with Crippen LogP contribution in [0.4, 0.5) is 0 Å². The third kappa shape index (κ3) is 5.85. The Bertz CT molecular complexity index is 2100. The van der Waals surface area contributed by atoms with Gasteiger partial charge in [-0.2, -0.15) is 0 Å². The first kappa shape index (κ1) is 30.0. The first-order valence-corrected chi connectivity index (χ1v) is 16.3. The zero-order valence-corrected chi connectivity index (χ0v) is 27.2. The van der Waals surface area contributed by atoms with Gasteiger partial charge in [0, 0.05) is 36.9 Å². The summed E-state index contributed by atoms with van der Waals surface area (Å²) in [5, 5.41) is 13.2. The van der Waals surface area contributed by atoms with Crippen LogP contribution in [0.25, 0.3) is 65.5 Å². The summed E-state index contributed by atoms with van der Waals surface area (Å²) in [5.41, 5.74) is 4.38. The van der Waals surface area contributed by atoms with Gasteiger partial charge in [0.2, 0.25) is 0 Å². The van der Waals surface area contributed by atoms with Crippen molar-refractivity contribution in [2.24, 2.45) is 0 Å². The zero-order valence-electron chi connectivity index (χ0n) is 26.4. The van der Waals surface area contributed by atoms with Crippen molar-refractivity contribution >= 4 is 44.5 Å². The molecule has 1 N–H and O–H groups in total. The van der Waals surface area contributed by atoms with Crippen molar-refractivity contribution < 1.29 is 9.76 Å². The number of fused-ring (bicyclic) bond motifs is 3. The average Bonchev–Trinajstić information content (AvgIpc) is 3.46. The molecule has 0 spiro atoms. The summed E-state index contributed by atoms with van der Waals surface area (Å²) < 4.78 is 8.83. The molecule has 2 aromatic heterocycles. The second-order valence-electron chi connectivity index (χ2n) is 12.6. The molecule has 2 heterocycles. The molecule has 7 heteroatoms. The Morgan fingerprint density at radius 1 is 0.565 bits per heavy atom. The van der Waals surface area contributed by atoms with Crippen LogP contribution >= 0.6 is 11.3 Å². The normalized spacial score (nSPS) is 12.1. The van der Waals surface area contributed by atoms with E-state index in [1.807, 2.05) is 74.5 Å². The molecule has 0 saturated heterocycles. The number of aromatic nitrogens is 3. The van der Waals surface area contributed by atoms with Crippen LogP contribution in [0.2, 0.25) is 0 Å². The third-order valence-corrected chi connectivity index (χ3v) is 10.1. The van der Waals surface area contributed by atoms with E-state index in [1.165, 1.54) is 20.2 Å². The molecule has 0 saturated carbocycles. The number of hydrogen-bond donors (Lipinski definition) is 1. The van der Waals surface area contributed by atoms with Gasteiger partial charge >= 0.3 is 7.48 Å². The minimum atomic E-state index is -0.991. The molecule has 0 aliphatic heterocycles. The Balaban J connectivity index is 1.29. The van der Waals surface area contributed by atoms with E-state index in [4.69, 9.17) is 19.6 Å². The zero-order chi connectivity index (χ0) is 31.9. The Kier molecular flexibility index (Phi) is 7.77. The van der Waals surface area contributed by atoms with Gasteiger partial charge in [0.15, 0.2) is 17.5 Å². The Labute approximate surface area is 273 Å². The summed E-state index contributed by atoms with van der Waals surface area (Å²) in [7, 11) is 0.390. The maximum atomic E-state index is 10.7. The summed E-state index contributed by atoms with van der Waals surface area (Å²) in [6.45, 7) is 7.45. The average molecular weight is 620 g/mol. The molecule has 0 unspecified atom stereocenters. The fraction of sp³-hybridized carbons (Fsp3) is 0.154. The van der Waals surface area contributed by atoms with Gasteiger partial charge in [-0.05, 0) is 56.4 Å². The molecule has 0 aliphatic rings. The first-order valence-electron chi connectivity index (χ1n) is 15.4. The lowest BCUT2D eigenvalue weighted by Crippen LogP contribution is -2.49. The van der Waals surface area contributed by atoms with Crippen LogP contribution in [-0.4, -0.2) is 38.7 Å². The third-order valence-electron chi connectivity index (χ3n) is 8.79. The molecular formula is C39H34BN3O2S. The molecule has 0 bridgehead atoms. The predicted octanol–water partition coefficient (Wildman–Crippen LogP) is 8.45. The number of benzene rings is 5. The van der Waals surface area contributed by atoms with Crippen molar-refractivity contribution in [3.8, 4) is 45.3 Å². The molecule has 0 amide bonds. The smallest absolute Gasteiger partial charge is 0.310 e. The van der Waals surface area contributed by atoms with Gasteiger partial charge in [-0.1, -0.05) is 109 Å². The van der Waals surface area contributed by atoms with Crippen LogP contribution in [-0.2, 0) is 4.65 Å². The Morgan fingerprint density at radius 3 is 1.63 bits per heavy atom. The number of thiophene rings is 1. The first-order chi connectivity index (χ1) is 22.2. The van der Waals surface area contributed by atoms with Crippen molar-refractivity contribution in [1.29, 1.82) is 0 Å². The highest BCUT2D eigenvalue weighted by atomic mass is 32.1. The number of hydrogen-bond acceptors (Lipinski definition) is 6. The molecule has 0 radical (unpaired) electrons. The van der Waals surface area contributed by atoms with E-state index in [1.54, 1.807) is 25.2 Å². The van der Waals surface area contributed by atoms with E-state index >= 15 is 0 Å². The van der Waals surface area contributed by atoms with E-state index in [0.29, 0.717) is 25.0 Å². The largest absolute Gasteiger partial charge is 0.427 e. The molecule has 7 rings (SSSR count). The van der Waals surface area contributed by atoms with Crippen LogP contribution in [0.15, 0.2) is 121 Å². The summed E-state index contributed by atoms with van der Waals surface area (Å²) in [5.74, 6) is 1.91. The fourth-order valence-electron chi connectivity index (χ4n) is 5.36. The van der Waals surface area contributed by atoms with E-state index in [0.717, 1.165) is 33.3 Å². The SMILES string of the molecule is CC(C)(O)C(C)(C)OBc1cc(-c2ccc(-c3nc(-c4ccccc4)nc(-c4ccccc4)n3)cc2)cc2c1sc1ccccc12. The number of rotatable bonds is 8. The minimum Gasteiger partial charge on any atom is -0.427 e. The Morgan fingerprint density at radius 2 is 1.07 bits per heavy atom. The maximum absolute atomic E-state index is 10.7. The van der Waals surface area contributed by atoms with Gasteiger partial charge < -0.3 is 9.76 Å². The second kappa shape index (κ2) is 11.9. The van der Waals surface area contributed by atoms with Crippen LogP contribution in [0, 0.1) is 0 Å². The summed E-state index contributed by atoms with van der Waals surface area (Å²) >= 11 is 1.78. The minimum absolute atomic E-state index is 0.390. The molecule has 0 fully saturated rings. The molecule has 5 aromatic carbocycles. The van der Waals surface area contributed by atoms with E-state index in [-0.39, 0.29) is 0 Å². The van der Waals surface area contributed by atoms with Crippen molar-refractivity contribution in [1.82, 2.24) is 15.0 Å². The van der Waals surface area contributed by atoms with E-state index in [9.17, 15) is 5.11 Å². The van der Waals surface area contributed by atoms with Crippen molar-refractivity contribution in [3.05, 3.63) is 121 Å². The lowest BCUT2D eigenvalue weighted by molar-refractivity contribution is -0.0893. The Hall–Kier alpha value is -4.69. The maximum Gasteiger partial charge on any atom is 0.310 e.